The molecule has 0 bridgehead atoms. The highest BCUT2D eigenvalue weighted by molar-refractivity contribution is 7.80. The van der Waals surface area contributed by atoms with Gasteiger partial charge in [0.25, 0.3) is 5.91 Å². The molecule has 2 aromatic carbocycles. The minimum absolute atomic E-state index is 0.0566. The van der Waals surface area contributed by atoms with E-state index in [0.29, 0.717) is 23.0 Å². The minimum Gasteiger partial charge on any atom is -0.504 e. The van der Waals surface area contributed by atoms with E-state index in [1.54, 1.807) is 37.2 Å². The van der Waals surface area contributed by atoms with Crippen molar-refractivity contribution in [2.24, 2.45) is 0 Å². The number of phenolic OH excluding ortho intramolecular Hbond substituents is 1. The van der Waals surface area contributed by atoms with Crippen LogP contribution in [-0.2, 0) is 4.79 Å². The molecule has 152 valence electrons. The number of carbonyl (C=O) groups excluding carboxylic acids is 1. The van der Waals surface area contributed by atoms with Crippen LogP contribution < -0.4 is 15.0 Å². The molecule has 0 radical (unpaired) electrons. The highest BCUT2D eigenvalue weighted by atomic mass is 32.1. The third-order valence-corrected chi connectivity index (χ3v) is 5.05. The van der Waals surface area contributed by atoms with Gasteiger partial charge in [0, 0.05) is 25.5 Å². The van der Waals surface area contributed by atoms with Crippen LogP contribution in [-0.4, -0.2) is 41.7 Å². The van der Waals surface area contributed by atoms with Crippen molar-refractivity contribution in [3.05, 3.63) is 65.4 Å². The van der Waals surface area contributed by atoms with Crippen LogP contribution in [0.3, 0.4) is 0 Å². The average molecular weight is 412 g/mol. The summed E-state index contributed by atoms with van der Waals surface area (Å²) in [5.74, 6) is 0.313. The van der Waals surface area contributed by atoms with E-state index >= 15 is 0 Å². The average Bonchev–Trinajstić information content (AvgIpc) is 2.69. The van der Waals surface area contributed by atoms with Crippen LogP contribution in [0.2, 0.25) is 0 Å². The highest BCUT2D eigenvalue weighted by Crippen LogP contribution is 2.37. The zero-order valence-corrected chi connectivity index (χ0v) is 17.8. The molecule has 1 aliphatic heterocycles. The zero-order chi connectivity index (χ0) is 21.1. The molecule has 1 atom stereocenters. The van der Waals surface area contributed by atoms with Crippen LogP contribution in [0.4, 0.5) is 5.69 Å². The van der Waals surface area contributed by atoms with Gasteiger partial charge in [0.15, 0.2) is 16.6 Å². The number of hydrogen-bond acceptors (Lipinski definition) is 4. The second-order valence-electron chi connectivity index (χ2n) is 6.91. The van der Waals surface area contributed by atoms with Gasteiger partial charge in [0.05, 0.1) is 18.2 Å². The maximum absolute atomic E-state index is 13.1. The lowest BCUT2D eigenvalue weighted by Gasteiger charge is -2.38. The summed E-state index contributed by atoms with van der Waals surface area (Å²) in [7, 11) is 3.45. The van der Waals surface area contributed by atoms with E-state index in [9.17, 15) is 9.90 Å². The number of thiocarbonyl (C=S) groups is 1. The molecule has 0 aromatic heterocycles. The van der Waals surface area contributed by atoms with E-state index in [2.05, 4.69) is 5.32 Å². The monoisotopic (exact) mass is 411 g/mol. The number of hydrogen-bond donors (Lipinski definition) is 2. The molecule has 0 saturated carbocycles. The Morgan fingerprint density at radius 3 is 2.55 bits per heavy atom. The SMILES string of the molecule is CCOc1cc(C2NC(=S)N(c3ccccc3)C(C)=C2C(=O)N(C)C)ccc1O. The second-order valence-corrected chi connectivity index (χ2v) is 7.30. The fraction of sp³-hybridized carbons (Fsp3) is 0.273. The molecule has 2 N–H and O–H groups in total. The smallest absolute Gasteiger partial charge is 0.253 e. The summed E-state index contributed by atoms with van der Waals surface area (Å²) in [5.41, 5.74) is 3.01. The Balaban J connectivity index is 2.15. The number of para-hydroxylation sites is 1. The molecule has 29 heavy (non-hydrogen) atoms. The third kappa shape index (κ3) is 4.05. The van der Waals surface area contributed by atoms with Crippen LogP contribution in [0.1, 0.15) is 25.5 Å². The van der Waals surface area contributed by atoms with Crippen molar-refractivity contribution in [2.45, 2.75) is 19.9 Å². The largest absolute Gasteiger partial charge is 0.504 e. The molecule has 2 aromatic rings. The maximum atomic E-state index is 13.1. The van der Waals surface area contributed by atoms with Crippen LogP contribution in [0, 0.1) is 0 Å². The van der Waals surface area contributed by atoms with Gasteiger partial charge >= 0.3 is 0 Å². The molecule has 1 heterocycles. The van der Waals surface area contributed by atoms with Crippen molar-refractivity contribution in [3.63, 3.8) is 0 Å². The summed E-state index contributed by atoms with van der Waals surface area (Å²) in [6, 6.07) is 14.3. The van der Waals surface area contributed by atoms with Gasteiger partial charge in [-0.25, -0.2) is 0 Å². The number of anilines is 1. The number of rotatable bonds is 5. The van der Waals surface area contributed by atoms with Crippen molar-refractivity contribution < 1.29 is 14.6 Å². The molecular formula is C22H25N3O3S. The first-order valence-corrected chi connectivity index (χ1v) is 9.79. The minimum atomic E-state index is -0.461. The van der Waals surface area contributed by atoms with Gasteiger partial charge < -0.3 is 20.1 Å². The first kappa shape index (κ1) is 20.7. The van der Waals surface area contributed by atoms with Gasteiger partial charge in [-0.05, 0) is 55.9 Å². The molecule has 1 unspecified atom stereocenters. The van der Waals surface area contributed by atoms with E-state index in [4.69, 9.17) is 17.0 Å². The Morgan fingerprint density at radius 2 is 1.93 bits per heavy atom. The normalized spacial score (nSPS) is 16.5. The summed E-state index contributed by atoms with van der Waals surface area (Å²) in [5, 5.41) is 13.9. The molecule has 6 nitrogen and oxygen atoms in total. The lowest BCUT2D eigenvalue weighted by Crippen LogP contribution is -2.49. The topological polar surface area (TPSA) is 65.0 Å². The predicted octanol–water partition coefficient (Wildman–Crippen LogP) is 3.59. The van der Waals surface area contributed by atoms with Crippen LogP contribution in [0.15, 0.2) is 59.8 Å². The Hall–Kier alpha value is -3.06. The van der Waals surface area contributed by atoms with Gasteiger partial charge in [-0.15, -0.1) is 0 Å². The highest BCUT2D eigenvalue weighted by Gasteiger charge is 2.35. The third-order valence-electron chi connectivity index (χ3n) is 4.75. The quantitative estimate of drug-likeness (QED) is 0.733. The Morgan fingerprint density at radius 1 is 1.24 bits per heavy atom. The number of nitrogens with one attached hydrogen (secondary N) is 1. The predicted molar refractivity (Wildman–Crippen MR) is 118 cm³/mol. The van der Waals surface area contributed by atoms with Gasteiger partial charge in [-0.2, -0.15) is 0 Å². The van der Waals surface area contributed by atoms with E-state index < -0.39 is 6.04 Å². The summed E-state index contributed by atoms with van der Waals surface area (Å²) in [4.78, 5) is 16.5. The number of phenols is 1. The van der Waals surface area contributed by atoms with Crippen molar-refractivity contribution in [2.75, 3.05) is 25.6 Å². The van der Waals surface area contributed by atoms with Crippen molar-refractivity contribution >= 4 is 28.9 Å². The van der Waals surface area contributed by atoms with E-state index in [0.717, 1.165) is 16.9 Å². The number of likely N-dealkylation sites (N-methyl/N-ethyl adjacent to an activating group) is 1. The Labute approximate surface area is 176 Å². The zero-order valence-electron chi connectivity index (χ0n) is 17.0. The number of ether oxygens (including phenoxy) is 1. The van der Waals surface area contributed by atoms with Gasteiger partial charge in [0.2, 0.25) is 0 Å². The fourth-order valence-electron chi connectivity index (χ4n) is 3.38. The Bertz CT molecular complexity index is 957. The summed E-state index contributed by atoms with van der Waals surface area (Å²) < 4.78 is 5.52. The number of aromatic hydroxyl groups is 1. The molecule has 1 amide bonds. The van der Waals surface area contributed by atoms with Gasteiger partial charge in [0.1, 0.15) is 0 Å². The molecule has 1 aliphatic rings. The number of amides is 1. The first-order chi connectivity index (χ1) is 13.8. The molecule has 0 spiro atoms. The fourth-order valence-corrected chi connectivity index (χ4v) is 3.74. The van der Waals surface area contributed by atoms with Gasteiger partial charge in [-0.3, -0.25) is 9.69 Å². The van der Waals surface area contributed by atoms with Gasteiger partial charge in [-0.1, -0.05) is 24.3 Å². The summed E-state index contributed by atoms with van der Waals surface area (Å²) >= 11 is 5.65. The van der Waals surface area contributed by atoms with Crippen LogP contribution >= 0.6 is 12.2 Å². The summed E-state index contributed by atoms with van der Waals surface area (Å²) in [6.45, 7) is 4.17. The molecule has 0 saturated heterocycles. The summed E-state index contributed by atoms with van der Waals surface area (Å²) in [6.07, 6.45) is 0. The number of nitrogens with zero attached hydrogens (tertiary/aromatic N) is 2. The number of allylic oxidation sites excluding steroid dienone is 1. The van der Waals surface area contributed by atoms with Crippen LogP contribution in [0.25, 0.3) is 0 Å². The lowest BCUT2D eigenvalue weighted by atomic mass is 9.93. The van der Waals surface area contributed by atoms with Crippen LogP contribution in [0.5, 0.6) is 11.5 Å². The second kappa shape index (κ2) is 8.53. The Kier molecular flexibility index (Phi) is 6.08. The standard InChI is InChI=1S/C22H25N3O3S/c1-5-28-18-13-15(11-12-17(18)26)20-19(21(27)24(3)4)14(2)25(22(29)23-20)16-9-7-6-8-10-16/h6-13,20,26H,5H2,1-4H3,(H,23,29). The van der Waals surface area contributed by atoms with Crippen molar-refractivity contribution in [1.82, 2.24) is 10.2 Å². The molecule has 3 rings (SSSR count). The van der Waals surface area contributed by atoms with Crippen molar-refractivity contribution in [3.8, 4) is 11.5 Å². The van der Waals surface area contributed by atoms with E-state index in [1.807, 2.05) is 49.1 Å². The molecule has 0 fully saturated rings. The van der Waals surface area contributed by atoms with E-state index in [-0.39, 0.29) is 11.7 Å². The molecule has 7 heteroatoms. The first-order valence-electron chi connectivity index (χ1n) is 9.39. The molecular weight excluding hydrogens is 386 g/mol. The molecule has 0 aliphatic carbocycles. The number of benzene rings is 2. The van der Waals surface area contributed by atoms with E-state index in [1.165, 1.54) is 0 Å². The maximum Gasteiger partial charge on any atom is 0.253 e. The van der Waals surface area contributed by atoms with Crippen molar-refractivity contribution in [1.29, 1.82) is 0 Å². The lowest BCUT2D eigenvalue weighted by molar-refractivity contribution is -0.125. The number of carbonyl (C=O) groups is 1.